The van der Waals surface area contributed by atoms with E-state index in [0.29, 0.717) is 35.3 Å². The summed E-state index contributed by atoms with van der Waals surface area (Å²) in [6.45, 7) is 4.42. The number of amides is 1. The molecule has 7 heteroatoms. The molecule has 1 aliphatic heterocycles. The lowest BCUT2D eigenvalue weighted by Crippen LogP contribution is -2.25. The van der Waals surface area contributed by atoms with Crippen molar-refractivity contribution in [3.8, 4) is 10.6 Å². The lowest BCUT2D eigenvalue weighted by atomic mass is 10.2. The van der Waals surface area contributed by atoms with Gasteiger partial charge in [-0.3, -0.25) is 4.79 Å². The van der Waals surface area contributed by atoms with E-state index < -0.39 is 0 Å². The number of thiazole rings is 1. The molecule has 1 N–H and O–H groups in total. The van der Waals surface area contributed by atoms with E-state index >= 15 is 0 Å². The molecule has 140 valence electrons. The second kappa shape index (κ2) is 9.21. The van der Waals surface area contributed by atoms with Gasteiger partial charge in [0, 0.05) is 25.3 Å². The highest BCUT2D eigenvalue weighted by Crippen LogP contribution is 2.28. The number of nitrogens with one attached hydrogen (secondary N) is 1. The van der Waals surface area contributed by atoms with Crippen LogP contribution in [0.1, 0.15) is 34.6 Å². The predicted molar refractivity (Wildman–Crippen MR) is 99.0 cm³/mol. The quantitative estimate of drug-likeness (QED) is 0.714. The zero-order chi connectivity index (χ0) is 18.4. The monoisotopic (exact) mass is 378 g/mol. The Kier molecular flexibility index (Phi) is 6.71. The maximum Gasteiger partial charge on any atom is 0.263 e. The highest BCUT2D eigenvalue weighted by atomic mass is 32.1. The molecule has 2 aromatic rings. The van der Waals surface area contributed by atoms with Crippen molar-refractivity contribution >= 4 is 17.2 Å². The second-order valence-corrected chi connectivity index (χ2v) is 7.26. The fraction of sp³-hybridized carbons (Fsp3) is 0.474. The lowest BCUT2D eigenvalue weighted by molar-refractivity contribution is 0.0166. The first-order valence-corrected chi connectivity index (χ1v) is 9.66. The molecule has 0 bridgehead atoms. The molecular formula is C19H23FN2O3S. The summed E-state index contributed by atoms with van der Waals surface area (Å²) in [7, 11) is 0. The number of aromatic nitrogens is 1. The molecule has 1 amide bonds. The molecule has 2 heterocycles. The van der Waals surface area contributed by atoms with Gasteiger partial charge in [0.1, 0.15) is 15.7 Å². The van der Waals surface area contributed by atoms with Crippen molar-refractivity contribution in [2.45, 2.75) is 32.3 Å². The van der Waals surface area contributed by atoms with Crippen LogP contribution in [0.2, 0.25) is 0 Å². The van der Waals surface area contributed by atoms with Crippen LogP contribution in [0.3, 0.4) is 0 Å². The van der Waals surface area contributed by atoms with Crippen molar-refractivity contribution in [1.29, 1.82) is 0 Å². The molecule has 0 aliphatic carbocycles. The number of aryl methyl sites for hydroxylation is 1. The second-order valence-electron chi connectivity index (χ2n) is 6.26. The summed E-state index contributed by atoms with van der Waals surface area (Å²) in [5, 5.41) is 3.62. The molecule has 0 radical (unpaired) electrons. The van der Waals surface area contributed by atoms with E-state index in [1.165, 1.54) is 23.5 Å². The Labute approximate surface area is 156 Å². The molecule has 1 atom stereocenters. The Balaban J connectivity index is 1.43. The van der Waals surface area contributed by atoms with Gasteiger partial charge < -0.3 is 14.8 Å². The van der Waals surface area contributed by atoms with Gasteiger partial charge in [-0.15, -0.1) is 11.3 Å². The molecule has 1 saturated heterocycles. The average Bonchev–Trinajstić information content (AvgIpc) is 3.28. The van der Waals surface area contributed by atoms with E-state index in [9.17, 15) is 9.18 Å². The van der Waals surface area contributed by atoms with Crippen LogP contribution in [0.15, 0.2) is 24.3 Å². The zero-order valence-electron chi connectivity index (χ0n) is 14.8. The van der Waals surface area contributed by atoms with Crippen molar-refractivity contribution in [2.75, 3.05) is 26.4 Å². The Morgan fingerprint density at radius 2 is 2.23 bits per heavy atom. The molecule has 26 heavy (non-hydrogen) atoms. The minimum absolute atomic E-state index is 0.132. The van der Waals surface area contributed by atoms with Gasteiger partial charge in [0.05, 0.1) is 18.4 Å². The predicted octanol–water partition coefficient (Wildman–Crippen LogP) is 3.57. The SMILES string of the molecule is Cc1nc(-c2ccc(F)cc2)sc1C(=O)NCCCOCC1CCCO1. The fourth-order valence-electron chi connectivity index (χ4n) is 2.77. The number of hydrogen-bond donors (Lipinski definition) is 1. The molecule has 3 rings (SSSR count). The van der Waals surface area contributed by atoms with Gasteiger partial charge in [0.15, 0.2) is 0 Å². The van der Waals surface area contributed by atoms with E-state index in [-0.39, 0.29) is 17.8 Å². The summed E-state index contributed by atoms with van der Waals surface area (Å²) < 4.78 is 24.1. The number of hydrogen-bond acceptors (Lipinski definition) is 5. The molecule has 0 spiro atoms. The van der Waals surface area contributed by atoms with Crippen molar-refractivity contribution in [3.05, 3.63) is 40.7 Å². The number of ether oxygens (including phenoxy) is 2. The molecule has 0 saturated carbocycles. The minimum Gasteiger partial charge on any atom is -0.379 e. The third-order valence-electron chi connectivity index (χ3n) is 4.17. The van der Waals surface area contributed by atoms with Crippen LogP contribution in [0, 0.1) is 12.7 Å². The standard InChI is InChI=1S/C19H23FN2O3S/c1-13-17(26-19(22-13)14-5-7-15(20)8-6-14)18(23)21-9-3-10-24-12-16-4-2-11-25-16/h5-8,16H,2-4,9-12H2,1H3,(H,21,23). The van der Waals surface area contributed by atoms with Gasteiger partial charge in [-0.2, -0.15) is 0 Å². The minimum atomic E-state index is -0.290. The summed E-state index contributed by atoms with van der Waals surface area (Å²) in [4.78, 5) is 17.4. The Morgan fingerprint density at radius 1 is 1.42 bits per heavy atom. The Hall–Kier alpha value is -1.83. The molecule has 1 aromatic heterocycles. The van der Waals surface area contributed by atoms with Gasteiger partial charge in [-0.1, -0.05) is 0 Å². The van der Waals surface area contributed by atoms with Crippen molar-refractivity contribution in [2.24, 2.45) is 0 Å². The first kappa shape index (κ1) is 18.9. The zero-order valence-corrected chi connectivity index (χ0v) is 15.6. The van der Waals surface area contributed by atoms with Gasteiger partial charge in [0.2, 0.25) is 0 Å². The summed E-state index contributed by atoms with van der Waals surface area (Å²) in [6.07, 6.45) is 3.16. The summed E-state index contributed by atoms with van der Waals surface area (Å²) in [6, 6.07) is 6.12. The van der Waals surface area contributed by atoms with Crippen LogP contribution in [0.25, 0.3) is 10.6 Å². The third-order valence-corrected chi connectivity index (χ3v) is 5.38. The van der Waals surface area contributed by atoms with Crippen LogP contribution >= 0.6 is 11.3 Å². The number of benzene rings is 1. The van der Waals surface area contributed by atoms with E-state index in [2.05, 4.69) is 10.3 Å². The molecule has 1 aromatic carbocycles. The van der Waals surface area contributed by atoms with Crippen LogP contribution in [-0.2, 0) is 9.47 Å². The van der Waals surface area contributed by atoms with Gasteiger partial charge in [-0.05, 0) is 50.5 Å². The topological polar surface area (TPSA) is 60.5 Å². The largest absolute Gasteiger partial charge is 0.379 e. The van der Waals surface area contributed by atoms with Gasteiger partial charge in [-0.25, -0.2) is 9.37 Å². The number of carbonyl (C=O) groups excluding carboxylic acids is 1. The fourth-order valence-corrected chi connectivity index (χ4v) is 3.76. The van der Waals surface area contributed by atoms with Crippen LogP contribution in [-0.4, -0.2) is 43.4 Å². The smallest absolute Gasteiger partial charge is 0.263 e. The van der Waals surface area contributed by atoms with Crippen LogP contribution in [0.5, 0.6) is 0 Å². The van der Waals surface area contributed by atoms with Gasteiger partial charge in [0.25, 0.3) is 5.91 Å². The first-order chi connectivity index (χ1) is 12.6. The highest BCUT2D eigenvalue weighted by Gasteiger charge is 2.17. The van der Waals surface area contributed by atoms with E-state index in [4.69, 9.17) is 9.47 Å². The first-order valence-electron chi connectivity index (χ1n) is 8.84. The number of rotatable bonds is 8. The van der Waals surface area contributed by atoms with E-state index in [0.717, 1.165) is 31.4 Å². The molecule has 1 fully saturated rings. The summed E-state index contributed by atoms with van der Waals surface area (Å²) >= 11 is 1.32. The Bertz CT molecular complexity index is 727. The number of nitrogens with zero attached hydrogens (tertiary/aromatic N) is 1. The maximum absolute atomic E-state index is 13.0. The molecule has 5 nitrogen and oxygen atoms in total. The van der Waals surface area contributed by atoms with Crippen molar-refractivity contribution < 1.29 is 18.7 Å². The van der Waals surface area contributed by atoms with E-state index in [1.54, 1.807) is 12.1 Å². The molecule has 1 unspecified atom stereocenters. The van der Waals surface area contributed by atoms with E-state index in [1.807, 2.05) is 6.92 Å². The lowest BCUT2D eigenvalue weighted by Gasteiger charge is -2.10. The Morgan fingerprint density at radius 3 is 2.96 bits per heavy atom. The van der Waals surface area contributed by atoms with Crippen LogP contribution < -0.4 is 5.32 Å². The van der Waals surface area contributed by atoms with Crippen molar-refractivity contribution in [1.82, 2.24) is 10.3 Å². The van der Waals surface area contributed by atoms with Crippen LogP contribution in [0.4, 0.5) is 4.39 Å². The normalized spacial score (nSPS) is 16.8. The third kappa shape index (κ3) is 5.09. The number of halogens is 1. The molecule has 1 aliphatic rings. The summed E-state index contributed by atoms with van der Waals surface area (Å²) in [5.41, 5.74) is 1.49. The maximum atomic E-state index is 13.0. The average molecular weight is 378 g/mol. The molecular weight excluding hydrogens is 355 g/mol. The number of carbonyl (C=O) groups is 1. The summed E-state index contributed by atoms with van der Waals surface area (Å²) in [5.74, 6) is -0.422. The van der Waals surface area contributed by atoms with Crippen molar-refractivity contribution in [3.63, 3.8) is 0 Å². The highest BCUT2D eigenvalue weighted by molar-refractivity contribution is 7.17. The van der Waals surface area contributed by atoms with Gasteiger partial charge >= 0.3 is 0 Å².